The summed E-state index contributed by atoms with van der Waals surface area (Å²) in [5, 5.41) is 6.16. The zero-order chi connectivity index (χ0) is 20.3. The van der Waals surface area contributed by atoms with E-state index < -0.39 is 0 Å². The van der Waals surface area contributed by atoms with Gasteiger partial charge in [0, 0.05) is 28.2 Å². The highest BCUT2D eigenvalue weighted by Crippen LogP contribution is 2.21. The Morgan fingerprint density at radius 1 is 0.821 bits per heavy atom. The second-order valence-electron chi connectivity index (χ2n) is 6.68. The minimum Gasteiger partial charge on any atom is -0.322 e. The van der Waals surface area contributed by atoms with Crippen LogP contribution in [0.4, 0.5) is 11.4 Å². The van der Waals surface area contributed by atoms with Gasteiger partial charge in [0.1, 0.15) is 5.69 Å². The summed E-state index contributed by atoms with van der Waals surface area (Å²) in [5.74, 6) is -0.721. The van der Waals surface area contributed by atoms with Crippen LogP contribution in [0.2, 0.25) is 5.02 Å². The van der Waals surface area contributed by atoms with Gasteiger partial charge >= 0.3 is 0 Å². The first-order valence-electron chi connectivity index (χ1n) is 8.75. The van der Waals surface area contributed by atoms with Crippen LogP contribution in [-0.2, 0) is 0 Å². The third kappa shape index (κ3) is 4.75. The van der Waals surface area contributed by atoms with Gasteiger partial charge in [0.25, 0.3) is 11.8 Å². The van der Waals surface area contributed by atoms with E-state index in [9.17, 15) is 9.59 Å². The van der Waals surface area contributed by atoms with Crippen molar-refractivity contribution in [2.24, 2.45) is 0 Å². The van der Waals surface area contributed by atoms with Crippen molar-refractivity contribution in [2.75, 3.05) is 10.6 Å². The highest BCUT2D eigenvalue weighted by atomic mass is 35.5. The molecule has 0 bridgehead atoms. The molecule has 0 aliphatic rings. The van der Waals surface area contributed by atoms with Crippen LogP contribution in [0.5, 0.6) is 0 Å². The summed E-state index contributed by atoms with van der Waals surface area (Å²) < 4.78 is 0. The molecule has 1 aromatic heterocycles. The Labute approximate surface area is 168 Å². The number of carbonyl (C=O) groups is 2. The van der Waals surface area contributed by atoms with Crippen molar-refractivity contribution in [3.05, 3.63) is 87.7 Å². The van der Waals surface area contributed by atoms with Crippen LogP contribution in [0.25, 0.3) is 0 Å². The largest absolute Gasteiger partial charge is 0.322 e. The molecule has 0 saturated heterocycles. The van der Waals surface area contributed by atoms with Crippen LogP contribution in [0, 0.1) is 20.8 Å². The summed E-state index contributed by atoms with van der Waals surface area (Å²) in [6.45, 7) is 5.81. The molecule has 0 unspecified atom stereocenters. The molecule has 6 heteroatoms. The number of rotatable bonds is 4. The van der Waals surface area contributed by atoms with Gasteiger partial charge in [0.05, 0.1) is 0 Å². The summed E-state index contributed by atoms with van der Waals surface area (Å²) in [7, 11) is 0. The Balaban J connectivity index is 1.76. The molecule has 2 aromatic carbocycles. The van der Waals surface area contributed by atoms with Gasteiger partial charge in [-0.1, -0.05) is 23.7 Å². The van der Waals surface area contributed by atoms with E-state index in [2.05, 4.69) is 15.6 Å². The molecule has 5 nitrogen and oxygen atoms in total. The molecular formula is C22H20ClN3O2. The van der Waals surface area contributed by atoms with E-state index in [0.29, 0.717) is 22.0 Å². The number of aryl methyl sites for hydroxylation is 3. The number of pyridine rings is 1. The normalized spacial score (nSPS) is 10.4. The monoisotopic (exact) mass is 393 g/mol. The maximum atomic E-state index is 12.5. The van der Waals surface area contributed by atoms with E-state index in [0.717, 1.165) is 16.7 Å². The molecule has 142 valence electrons. The highest BCUT2D eigenvalue weighted by Gasteiger charge is 2.13. The molecule has 0 saturated carbocycles. The van der Waals surface area contributed by atoms with E-state index in [-0.39, 0.29) is 17.5 Å². The Morgan fingerprint density at radius 3 is 2.18 bits per heavy atom. The molecule has 0 spiro atoms. The van der Waals surface area contributed by atoms with Gasteiger partial charge in [0.15, 0.2) is 0 Å². The van der Waals surface area contributed by atoms with Gasteiger partial charge in [-0.05, 0) is 73.9 Å². The fraction of sp³-hybridized carbons (Fsp3) is 0.136. The van der Waals surface area contributed by atoms with E-state index in [4.69, 9.17) is 11.6 Å². The second kappa shape index (κ2) is 8.23. The number of hydrogen-bond donors (Lipinski definition) is 2. The number of nitrogens with one attached hydrogen (secondary N) is 2. The maximum absolute atomic E-state index is 12.5. The number of nitrogens with zero attached hydrogens (tertiary/aromatic N) is 1. The van der Waals surface area contributed by atoms with Crippen LogP contribution in [0.15, 0.2) is 54.7 Å². The SMILES string of the molecule is Cc1cc(C)cc(NC(=O)c2cc(C(=O)Nc3ccc(C)c(Cl)c3)ccn2)c1. The lowest BCUT2D eigenvalue weighted by Gasteiger charge is -2.09. The first-order valence-corrected chi connectivity index (χ1v) is 9.13. The zero-order valence-electron chi connectivity index (χ0n) is 15.8. The summed E-state index contributed by atoms with van der Waals surface area (Å²) in [4.78, 5) is 29.1. The number of benzene rings is 2. The van der Waals surface area contributed by atoms with Crippen molar-refractivity contribution >= 4 is 34.8 Å². The van der Waals surface area contributed by atoms with Crippen molar-refractivity contribution in [3.63, 3.8) is 0 Å². The summed E-state index contributed by atoms with van der Waals surface area (Å²) >= 11 is 6.10. The lowest BCUT2D eigenvalue weighted by atomic mass is 10.1. The average molecular weight is 394 g/mol. The molecule has 0 aliphatic heterocycles. The van der Waals surface area contributed by atoms with Gasteiger partial charge < -0.3 is 10.6 Å². The van der Waals surface area contributed by atoms with Crippen molar-refractivity contribution < 1.29 is 9.59 Å². The predicted molar refractivity (Wildman–Crippen MR) is 112 cm³/mol. The van der Waals surface area contributed by atoms with E-state index in [1.165, 1.54) is 12.3 Å². The fourth-order valence-electron chi connectivity index (χ4n) is 2.81. The second-order valence-corrected chi connectivity index (χ2v) is 7.09. The summed E-state index contributed by atoms with van der Waals surface area (Å²) in [5.41, 5.74) is 4.79. The minimum absolute atomic E-state index is 0.161. The molecular weight excluding hydrogens is 374 g/mol. The van der Waals surface area contributed by atoms with Crippen LogP contribution >= 0.6 is 11.6 Å². The molecule has 0 aliphatic carbocycles. The smallest absolute Gasteiger partial charge is 0.274 e. The average Bonchev–Trinajstić information content (AvgIpc) is 2.64. The molecule has 1 heterocycles. The van der Waals surface area contributed by atoms with Crippen LogP contribution in [0.3, 0.4) is 0 Å². The first kappa shape index (κ1) is 19.6. The van der Waals surface area contributed by atoms with Gasteiger partial charge in [-0.15, -0.1) is 0 Å². The topological polar surface area (TPSA) is 71.1 Å². The molecule has 3 aromatic rings. The maximum Gasteiger partial charge on any atom is 0.274 e. The minimum atomic E-state index is -0.377. The number of aromatic nitrogens is 1. The Kier molecular flexibility index (Phi) is 5.76. The van der Waals surface area contributed by atoms with Gasteiger partial charge in [-0.2, -0.15) is 0 Å². The third-order valence-corrected chi connectivity index (χ3v) is 4.57. The summed E-state index contributed by atoms with van der Waals surface area (Å²) in [6, 6.07) is 14.1. The van der Waals surface area contributed by atoms with Crippen molar-refractivity contribution in [2.45, 2.75) is 20.8 Å². The van der Waals surface area contributed by atoms with Crippen molar-refractivity contribution in [1.82, 2.24) is 4.98 Å². The van der Waals surface area contributed by atoms with Gasteiger partial charge in [-0.25, -0.2) is 0 Å². The van der Waals surface area contributed by atoms with Crippen LogP contribution < -0.4 is 10.6 Å². The first-order chi connectivity index (χ1) is 13.3. The lowest BCUT2D eigenvalue weighted by molar-refractivity contribution is 0.102. The van der Waals surface area contributed by atoms with E-state index >= 15 is 0 Å². The number of hydrogen-bond acceptors (Lipinski definition) is 3. The molecule has 0 atom stereocenters. The van der Waals surface area contributed by atoms with Crippen LogP contribution in [-0.4, -0.2) is 16.8 Å². The molecule has 3 rings (SSSR count). The van der Waals surface area contributed by atoms with Gasteiger partial charge in [0.2, 0.25) is 0 Å². The Hall–Kier alpha value is -3.18. The standard InChI is InChI=1S/C22H20ClN3O2/c1-13-8-14(2)10-18(9-13)26-22(28)20-11-16(6-7-24-20)21(27)25-17-5-4-15(3)19(23)12-17/h4-12H,1-3H3,(H,25,27)(H,26,28). The van der Waals surface area contributed by atoms with Gasteiger partial charge in [-0.3, -0.25) is 14.6 Å². The molecule has 2 N–H and O–H groups in total. The lowest BCUT2D eigenvalue weighted by Crippen LogP contribution is -2.17. The quantitative estimate of drug-likeness (QED) is 0.642. The number of amides is 2. The molecule has 28 heavy (non-hydrogen) atoms. The van der Waals surface area contributed by atoms with Crippen molar-refractivity contribution in [1.29, 1.82) is 0 Å². The molecule has 0 radical (unpaired) electrons. The van der Waals surface area contributed by atoms with Crippen LogP contribution in [0.1, 0.15) is 37.5 Å². The highest BCUT2D eigenvalue weighted by molar-refractivity contribution is 6.31. The number of anilines is 2. The molecule has 0 fully saturated rings. The predicted octanol–water partition coefficient (Wildman–Crippen LogP) is 5.16. The molecule has 2 amide bonds. The zero-order valence-corrected chi connectivity index (χ0v) is 16.6. The number of halogens is 1. The fourth-order valence-corrected chi connectivity index (χ4v) is 2.99. The van der Waals surface area contributed by atoms with E-state index in [1.54, 1.807) is 18.2 Å². The summed E-state index contributed by atoms with van der Waals surface area (Å²) in [6.07, 6.45) is 1.44. The van der Waals surface area contributed by atoms with E-state index in [1.807, 2.05) is 45.0 Å². The van der Waals surface area contributed by atoms with Crippen molar-refractivity contribution in [3.8, 4) is 0 Å². The number of carbonyl (C=O) groups excluding carboxylic acids is 2. The third-order valence-electron chi connectivity index (χ3n) is 4.16. The Morgan fingerprint density at radius 2 is 1.50 bits per heavy atom. The Bertz CT molecular complexity index is 1040.